The molecule has 0 spiro atoms. The fourth-order valence-corrected chi connectivity index (χ4v) is 1.45. The highest BCUT2D eigenvalue weighted by molar-refractivity contribution is 5.20. The lowest BCUT2D eigenvalue weighted by Gasteiger charge is -2.15. The average Bonchev–Trinajstić information content (AvgIpc) is 2.17. The first-order chi connectivity index (χ1) is 7.04. The van der Waals surface area contributed by atoms with Crippen LogP contribution >= 0.6 is 0 Å². The fourth-order valence-electron chi connectivity index (χ4n) is 1.45. The van der Waals surface area contributed by atoms with E-state index in [2.05, 4.69) is 0 Å². The van der Waals surface area contributed by atoms with Gasteiger partial charge in [0, 0.05) is 11.6 Å². The molecule has 84 valence electrons. The van der Waals surface area contributed by atoms with Gasteiger partial charge in [-0.2, -0.15) is 0 Å². The molecule has 0 amide bonds. The van der Waals surface area contributed by atoms with Crippen molar-refractivity contribution in [2.24, 2.45) is 5.92 Å². The van der Waals surface area contributed by atoms with Crippen LogP contribution in [0.15, 0.2) is 18.2 Å². The van der Waals surface area contributed by atoms with Crippen molar-refractivity contribution in [2.75, 3.05) is 0 Å². The smallest absolute Gasteiger partial charge is 0.131 e. The SMILES string of the molecule is CCC(C)CC(O)c1ccc(F)cc1F. The van der Waals surface area contributed by atoms with Gasteiger partial charge in [0.1, 0.15) is 11.6 Å². The van der Waals surface area contributed by atoms with Crippen LogP contribution in [0.5, 0.6) is 0 Å². The van der Waals surface area contributed by atoms with Crippen molar-refractivity contribution in [2.45, 2.75) is 32.8 Å². The van der Waals surface area contributed by atoms with Crippen molar-refractivity contribution < 1.29 is 13.9 Å². The largest absolute Gasteiger partial charge is 0.388 e. The van der Waals surface area contributed by atoms with Crippen LogP contribution in [0.1, 0.15) is 38.4 Å². The molecule has 0 aromatic heterocycles. The summed E-state index contributed by atoms with van der Waals surface area (Å²) in [4.78, 5) is 0. The van der Waals surface area contributed by atoms with E-state index in [0.717, 1.165) is 18.6 Å². The lowest BCUT2D eigenvalue weighted by molar-refractivity contribution is 0.142. The number of aliphatic hydroxyl groups is 1. The fraction of sp³-hybridized carbons (Fsp3) is 0.500. The summed E-state index contributed by atoms with van der Waals surface area (Å²) in [6.45, 7) is 4.00. The van der Waals surface area contributed by atoms with E-state index in [1.54, 1.807) is 0 Å². The molecule has 2 unspecified atom stereocenters. The molecule has 1 aromatic carbocycles. The van der Waals surface area contributed by atoms with Crippen LogP contribution in [-0.4, -0.2) is 5.11 Å². The third-order valence-corrected chi connectivity index (χ3v) is 2.64. The molecule has 0 aliphatic rings. The van der Waals surface area contributed by atoms with E-state index in [4.69, 9.17) is 0 Å². The van der Waals surface area contributed by atoms with Crippen molar-refractivity contribution in [1.82, 2.24) is 0 Å². The molecule has 2 atom stereocenters. The van der Waals surface area contributed by atoms with Crippen LogP contribution in [-0.2, 0) is 0 Å². The molecule has 3 heteroatoms. The second kappa shape index (κ2) is 5.21. The second-order valence-corrected chi connectivity index (χ2v) is 3.93. The lowest BCUT2D eigenvalue weighted by Crippen LogP contribution is -2.06. The maximum atomic E-state index is 13.3. The van der Waals surface area contributed by atoms with Gasteiger partial charge < -0.3 is 5.11 Å². The minimum Gasteiger partial charge on any atom is -0.388 e. The quantitative estimate of drug-likeness (QED) is 0.814. The van der Waals surface area contributed by atoms with Crippen LogP contribution in [0.25, 0.3) is 0 Å². The summed E-state index contributed by atoms with van der Waals surface area (Å²) in [5.74, 6) is -0.970. The number of rotatable bonds is 4. The molecule has 0 saturated carbocycles. The monoisotopic (exact) mass is 214 g/mol. The lowest BCUT2D eigenvalue weighted by atomic mass is 9.96. The highest BCUT2D eigenvalue weighted by Crippen LogP contribution is 2.25. The van der Waals surface area contributed by atoms with Gasteiger partial charge in [0.05, 0.1) is 6.10 Å². The second-order valence-electron chi connectivity index (χ2n) is 3.93. The van der Waals surface area contributed by atoms with Gasteiger partial charge in [0.2, 0.25) is 0 Å². The molecule has 15 heavy (non-hydrogen) atoms. The van der Waals surface area contributed by atoms with Crippen molar-refractivity contribution in [3.05, 3.63) is 35.4 Å². The Bertz CT molecular complexity index is 325. The first kappa shape index (κ1) is 12.1. The third-order valence-electron chi connectivity index (χ3n) is 2.64. The molecular weight excluding hydrogens is 198 g/mol. The molecule has 0 heterocycles. The van der Waals surface area contributed by atoms with E-state index in [1.807, 2.05) is 13.8 Å². The van der Waals surface area contributed by atoms with E-state index < -0.39 is 17.7 Å². The predicted molar refractivity (Wildman–Crippen MR) is 55.4 cm³/mol. The predicted octanol–water partition coefficient (Wildman–Crippen LogP) is 3.43. The highest BCUT2D eigenvalue weighted by Gasteiger charge is 2.15. The van der Waals surface area contributed by atoms with E-state index in [1.165, 1.54) is 6.07 Å². The van der Waals surface area contributed by atoms with Gasteiger partial charge in [-0.3, -0.25) is 0 Å². The van der Waals surface area contributed by atoms with Crippen LogP contribution in [0, 0.1) is 17.6 Å². The van der Waals surface area contributed by atoms with Gasteiger partial charge in [0.15, 0.2) is 0 Å². The van der Waals surface area contributed by atoms with E-state index in [0.29, 0.717) is 12.3 Å². The Labute approximate surface area is 88.7 Å². The van der Waals surface area contributed by atoms with Crippen LogP contribution < -0.4 is 0 Å². The zero-order valence-corrected chi connectivity index (χ0v) is 9.00. The number of benzene rings is 1. The molecule has 1 N–H and O–H groups in total. The van der Waals surface area contributed by atoms with Crippen LogP contribution in [0.4, 0.5) is 8.78 Å². The van der Waals surface area contributed by atoms with Crippen molar-refractivity contribution in [3.8, 4) is 0 Å². The Morgan fingerprint density at radius 2 is 2.00 bits per heavy atom. The standard InChI is InChI=1S/C12H16F2O/c1-3-8(2)6-12(15)10-5-4-9(13)7-11(10)14/h4-5,7-8,12,15H,3,6H2,1-2H3. The molecule has 0 saturated heterocycles. The van der Waals surface area contributed by atoms with Crippen LogP contribution in [0.2, 0.25) is 0 Å². The van der Waals surface area contributed by atoms with E-state index in [9.17, 15) is 13.9 Å². The average molecular weight is 214 g/mol. The summed E-state index contributed by atoms with van der Waals surface area (Å²) in [7, 11) is 0. The number of aliphatic hydroxyl groups excluding tert-OH is 1. The highest BCUT2D eigenvalue weighted by atomic mass is 19.1. The molecule has 1 rings (SSSR count). The maximum Gasteiger partial charge on any atom is 0.131 e. The molecule has 1 nitrogen and oxygen atoms in total. The van der Waals surface area contributed by atoms with Crippen molar-refractivity contribution >= 4 is 0 Å². The van der Waals surface area contributed by atoms with E-state index in [-0.39, 0.29) is 5.56 Å². The Hall–Kier alpha value is -0.960. The first-order valence-corrected chi connectivity index (χ1v) is 5.17. The summed E-state index contributed by atoms with van der Waals surface area (Å²) in [5.41, 5.74) is 0.178. The number of halogens is 2. The summed E-state index contributed by atoms with van der Waals surface area (Å²) >= 11 is 0. The maximum absolute atomic E-state index is 13.3. The molecular formula is C12H16F2O. The van der Waals surface area contributed by atoms with Crippen molar-refractivity contribution in [3.63, 3.8) is 0 Å². The Balaban J connectivity index is 2.77. The summed E-state index contributed by atoms with van der Waals surface area (Å²) < 4.78 is 25.9. The normalized spacial score (nSPS) is 15.0. The summed E-state index contributed by atoms with van der Waals surface area (Å²) in [6, 6.07) is 3.27. The first-order valence-electron chi connectivity index (χ1n) is 5.17. The minimum absolute atomic E-state index is 0.178. The molecule has 0 bridgehead atoms. The van der Waals surface area contributed by atoms with Gasteiger partial charge in [-0.05, 0) is 18.4 Å². The van der Waals surface area contributed by atoms with Gasteiger partial charge in [-0.25, -0.2) is 8.78 Å². The van der Waals surface area contributed by atoms with Crippen LogP contribution in [0.3, 0.4) is 0 Å². The zero-order chi connectivity index (χ0) is 11.4. The molecule has 0 aliphatic carbocycles. The van der Waals surface area contributed by atoms with E-state index >= 15 is 0 Å². The summed E-state index contributed by atoms with van der Waals surface area (Å²) in [6.07, 6.45) is 0.583. The minimum atomic E-state index is -0.847. The molecule has 0 aliphatic heterocycles. The molecule has 1 aromatic rings. The van der Waals surface area contributed by atoms with Gasteiger partial charge in [0.25, 0.3) is 0 Å². The van der Waals surface area contributed by atoms with Crippen molar-refractivity contribution in [1.29, 1.82) is 0 Å². The Morgan fingerprint density at radius 3 is 2.53 bits per heavy atom. The zero-order valence-electron chi connectivity index (χ0n) is 9.00. The summed E-state index contributed by atoms with van der Waals surface area (Å²) in [5, 5.41) is 9.73. The Morgan fingerprint density at radius 1 is 1.33 bits per heavy atom. The van der Waals surface area contributed by atoms with Gasteiger partial charge >= 0.3 is 0 Å². The molecule has 0 fully saturated rings. The third kappa shape index (κ3) is 3.27. The Kier molecular flexibility index (Phi) is 4.21. The number of hydrogen-bond donors (Lipinski definition) is 1. The topological polar surface area (TPSA) is 20.2 Å². The van der Waals surface area contributed by atoms with Gasteiger partial charge in [-0.15, -0.1) is 0 Å². The van der Waals surface area contributed by atoms with Gasteiger partial charge in [-0.1, -0.05) is 26.3 Å². The molecule has 0 radical (unpaired) electrons. The number of hydrogen-bond acceptors (Lipinski definition) is 1.